The standard InChI is InChI=1S/C51H64N8O6/c1-50(2,3)46(58-43(61)27-25-41-52-35-21-13-14-22-36(35)53-41)48(64)56-39(29-32-17-9-7-10-18-32)34(31-60)45(63)40(30-33-19-11-8-12-20-33)57-49(65)47(51(4,5)6)59-44(62)28-26-42-54-37-23-15-16-24-38(37)55-42/h7-24,34,39-40,45-47,60,63H,25-31H2,1-6H3,(H,52,53)(H,54,55)(H,56,64)(H,57,65)(H,58,61)(H,59,62)/t34-,39+,40+,45+,46-,47-/m1/s1. The predicted molar refractivity (Wildman–Crippen MR) is 252 cm³/mol. The van der Waals surface area contributed by atoms with Crippen molar-refractivity contribution >= 4 is 45.7 Å². The number of carbonyl (C=O) groups excluding carboxylic acids is 4. The van der Waals surface area contributed by atoms with Crippen LogP contribution in [0.5, 0.6) is 0 Å². The number of amides is 4. The molecule has 0 saturated carbocycles. The average Bonchev–Trinajstić information content (AvgIpc) is 3.89. The van der Waals surface area contributed by atoms with Crippen LogP contribution in [0.1, 0.15) is 77.2 Å². The van der Waals surface area contributed by atoms with Crippen LogP contribution in [-0.2, 0) is 44.9 Å². The van der Waals surface area contributed by atoms with Crippen LogP contribution in [0.2, 0.25) is 0 Å². The van der Waals surface area contributed by atoms with Gasteiger partial charge in [0.15, 0.2) is 0 Å². The van der Waals surface area contributed by atoms with Gasteiger partial charge >= 0.3 is 0 Å². The Labute approximate surface area is 380 Å². The number of aliphatic hydroxyl groups excluding tert-OH is 2. The highest BCUT2D eigenvalue weighted by atomic mass is 16.3. The van der Waals surface area contributed by atoms with Crippen molar-refractivity contribution in [1.82, 2.24) is 41.2 Å². The molecule has 14 heteroatoms. The van der Waals surface area contributed by atoms with Crippen molar-refractivity contribution in [2.45, 2.75) is 110 Å². The Balaban J connectivity index is 1.21. The molecule has 0 aliphatic rings. The summed E-state index contributed by atoms with van der Waals surface area (Å²) in [7, 11) is 0. The van der Waals surface area contributed by atoms with Gasteiger partial charge in [-0.15, -0.1) is 0 Å². The maximum absolute atomic E-state index is 14.5. The maximum Gasteiger partial charge on any atom is 0.243 e. The summed E-state index contributed by atoms with van der Waals surface area (Å²) in [5.41, 5.74) is 3.54. The zero-order valence-electron chi connectivity index (χ0n) is 38.2. The van der Waals surface area contributed by atoms with E-state index in [-0.39, 0.29) is 37.5 Å². The first-order chi connectivity index (χ1) is 31.0. The number of carbonyl (C=O) groups is 4. The molecule has 0 aliphatic heterocycles. The molecule has 0 fully saturated rings. The first-order valence-electron chi connectivity index (χ1n) is 22.4. The molecule has 0 unspecified atom stereocenters. The summed E-state index contributed by atoms with van der Waals surface area (Å²) >= 11 is 0. The minimum absolute atomic E-state index is 0.0838. The summed E-state index contributed by atoms with van der Waals surface area (Å²) < 4.78 is 0. The van der Waals surface area contributed by atoms with Crippen LogP contribution in [-0.4, -0.2) is 90.7 Å². The van der Waals surface area contributed by atoms with Crippen LogP contribution < -0.4 is 21.3 Å². The normalized spacial score (nSPS) is 14.8. The van der Waals surface area contributed by atoms with E-state index in [0.717, 1.165) is 33.2 Å². The third-order valence-corrected chi connectivity index (χ3v) is 11.8. The highest BCUT2D eigenvalue weighted by Crippen LogP contribution is 2.25. The second kappa shape index (κ2) is 21.5. The van der Waals surface area contributed by atoms with Gasteiger partial charge in [-0.05, 0) is 59.1 Å². The molecule has 8 N–H and O–H groups in total. The van der Waals surface area contributed by atoms with Crippen molar-refractivity contribution in [3.05, 3.63) is 132 Å². The molecule has 2 heterocycles. The number of aromatic nitrogens is 4. The lowest BCUT2D eigenvalue weighted by atomic mass is 9.82. The van der Waals surface area contributed by atoms with Gasteiger partial charge in [0.1, 0.15) is 23.7 Å². The lowest BCUT2D eigenvalue weighted by Crippen LogP contribution is -2.61. The van der Waals surface area contributed by atoms with Crippen molar-refractivity contribution in [1.29, 1.82) is 0 Å². The van der Waals surface area contributed by atoms with E-state index in [1.54, 1.807) is 0 Å². The Morgan fingerprint density at radius 3 is 1.34 bits per heavy atom. The highest BCUT2D eigenvalue weighted by Gasteiger charge is 2.41. The fourth-order valence-electron chi connectivity index (χ4n) is 8.14. The molecule has 344 valence electrons. The molecular formula is C51H64N8O6. The van der Waals surface area contributed by atoms with Gasteiger partial charge in [-0.1, -0.05) is 126 Å². The Morgan fingerprint density at radius 1 is 0.554 bits per heavy atom. The van der Waals surface area contributed by atoms with Gasteiger partial charge < -0.3 is 41.4 Å². The molecule has 0 radical (unpaired) electrons. The number of fused-ring (bicyclic) bond motifs is 2. The monoisotopic (exact) mass is 884 g/mol. The van der Waals surface area contributed by atoms with E-state index in [9.17, 15) is 29.4 Å². The van der Waals surface area contributed by atoms with E-state index in [2.05, 4.69) is 41.2 Å². The predicted octanol–water partition coefficient (Wildman–Crippen LogP) is 5.49. The smallest absolute Gasteiger partial charge is 0.243 e. The number of rotatable bonds is 20. The molecule has 0 saturated heterocycles. The van der Waals surface area contributed by atoms with E-state index in [4.69, 9.17) is 0 Å². The van der Waals surface area contributed by atoms with Gasteiger partial charge in [0.05, 0.1) is 40.8 Å². The quantitative estimate of drug-likeness (QED) is 0.0490. The fraction of sp³-hybridized carbons (Fsp3) is 0.412. The molecule has 4 aromatic carbocycles. The number of aryl methyl sites for hydroxylation is 2. The van der Waals surface area contributed by atoms with Crippen LogP contribution in [0.4, 0.5) is 0 Å². The molecular weight excluding hydrogens is 821 g/mol. The molecule has 0 bridgehead atoms. The zero-order chi connectivity index (χ0) is 46.7. The minimum Gasteiger partial charge on any atom is -0.396 e. The number of hydrogen-bond acceptors (Lipinski definition) is 8. The number of nitrogens with one attached hydrogen (secondary N) is 6. The number of aliphatic hydroxyl groups is 2. The highest BCUT2D eigenvalue weighted by molar-refractivity contribution is 5.89. The van der Waals surface area contributed by atoms with Crippen LogP contribution in [0, 0.1) is 16.7 Å². The lowest BCUT2D eigenvalue weighted by Gasteiger charge is -2.38. The summed E-state index contributed by atoms with van der Waals surface area (Å²) in [5, 5.41) is 35.7. The summed E-state index contributed by atoms with van der Waals surface area (Å²) in [5.74, 6) is -1.34. The second-order valence-corrected chi connectivity index (χ2v) is 19.1. The average molecular weight is 885 g/mol. The Hall–Kier alpha value is -6.38. The van der Waals surface area contributed by atoms with E-state index < -0.39 is 65.4 Å². The summed E-state index contributed by atoms with van der Waals surface area (Å²) in [6.45, 7) is 10.6. The summed E-state index contributed by atoms with van der Waals surface area (Å²) in [6.07, 6.45) is -0.144. The number of imidazole rings is 2. The molecule has 6 aromatic rings. The number of nitrogens with zero attached hydrogens (tertiary/aromatic N) is 2. The van der Waals surface area contributed by atoms with E-state index in [1.807, 2.05) is 151 Å². The molecule has 14 nitrogen and oxygen atoms in total. The van der Waals surface area contributed by atoms with Crippen molar-refractivity contribution < 1.29 is 29.4 Å². The number of aromatic amines is 2. The Morgan fingerprint density at radius 2 is 0.938 bits per heavy atom. The van der Waals surface area contributed by atoms with Crippen molar-refractivity contribution in [2.75, 3.05) is 6.61 Å². The Kier molecular flexibility index (Phi) is 15.9. The van der Waals surface area contributed by atoms with Crippen molar-refractivity contribution in [3.63, 3.8) is 0 Å². The first kappa shape index (κ1) is 48.1. The number of para-hydroxylation sites is 4. The van der Waals surface area contributed by atoms with Gasteiger partial charge in [0, 0.05) is 37.6 Å². The summed E-state index contributed by atoms with van der Waals surface area (Å²) in [6, 6.07) is 30.2. The fourth-order valence-corrected chi connectivity index (χ4v) is 8.14. The molecule has 0 spiro atoms. The third kappa shape index (κ3) is 13.3. The second-order valence-electron chi connectivity index (χ2n) is 19.1. The van der Waals surface area contributed by atoms with Gasteiger partial charge in [-0.3, -0.25) is 19.2 Å². The topological polar surface area (TPSA) is 214 Å². The molecule has 4 amide bonds. The van der Waals surface area contributed by atoms with Crippen LogP contribution in [0.3, 0.4) is 0 Å². The zero-order valence-corrected chi connectivity index (χ0v) is 38.2. The first-order valence-corrected chi connectivity index (χ1v) is 22.4. The van der Waals surface area contributed by atoms with Gasteiger partial charge in [-0.2, -0.15) is 0 Å². The van der Waals surface area contributed by atoms with E-state index >= 15 is 0 Å². The number of hydrogen-bond donors (Lipinski definition) is 8. The third-order valence-electron chi connectivity index (χ3n) is 11.8. The summed E-state index contributed by atoms with van der Waals surface area (Å²) in [4.78, 5) is 71.5. The SMILES string of the molecule is CC(C)(C)[C@H](NC(=O)CCc1nc2ccccc2[nH]1)C(=O)N[C@@H](Cc1ccccc1)[C@@H](O)[C@H](CO)[C@H](Cc1ccccc1)NC(=O)[C@@H](NC(=O)CCc1nc2ccccc2[nH]1)C(C)(C)C. The molecule has 6 rings (SSSR count). The van der Waals surface area contributed by atoms with Crippen LogP contribution >= 0.6 is 0 Å². The van der Waals surface area contributed by atoms with Crippen LogP contribution in [0.15, 0.2) is 109 Å². The molecule has 2 aromatic heterocycles. The molecule has 6 atom stereocenters. The number of benzene rings is 4. The lowest BCUT2D eigenvalue weighted by molar-refractivity contribution is -0.134. The Bertz CT molecular complexity index is 2440. The van der Waals surface area contributed by atoms with Crippen molar-refractivity contribution in [3.8, 4) is 0 Å². The van der Waals surface area contributed by atoms with E-state index in [0.29, 0.717) is 24.5 Å². The largest absolute Gasteiger partial charge is 0.396 e. The maximum atomic E-state index is 14.5. The van der Waals surface area contributed by atoms with Crippen LogP contribution in [0.25, 0.3) is 22.1 Å². The molecule has 65 heavy (non-hydrogen) atoms. The van der Waals surface area contributed by atoms with Gasteiger partial charge in [0.2, 0.25) is 23.6 Å². The van der Waals surface area contributed by atoms with E-state index in [1.165, 1.54) is 0 Å². The van der Waals surface area contributed by atoms with Gasteiger partial charge in [-0.25, -0.2) is 9.97 Å². The minimum atomic E-state index is -1.39. The van der Waals surface area contributed by atoms with Crippen molar-refractivity contribution in [2.24, 2.45) is 16.7 Å². The molecule has 0 aliphatic carbocycles. The number of H-pyrrole nitrogens is 2. The van der Waals surface area contributed by atoms with Gasteiger partial charge in [0.25, 0.3) is 0 Å².